The molecule has 0 rings (SSSR count). The second kappa shape index (κ2) is 11.8. The zero-order valence-corrected chi connectivity index (χ0v) is 20.2. The standard InChI is InChI=1S/2C7H15S2.Cd/c2*1-2-3-4-5-6-7(8)9;/h2*8-9H,2-6H2,1H3;. The van der Waals surface area contributed by atoms with E-state index in [1.807, 2.05) is 0 Å². The first-order valence-corrected chi connectivity index (χ1v) is 13.5. The van der Waals surface area contributed by atoms with Crippen molar-refractivity contribution in [2.45, 2.75) is 81.3 Å². The number of hydrogen-bond acceptors (Lipinski definition) is 4. The average molecular weight is 439 g/mol. The fraction of sp³-hybridized carbons (Fsp3) is 1.00. The van der Waals surface area contributed by atoms with E-state index in [2.05, 4.69) is 13.8 Å². The molecule has 0 atom stereocenters. The van der Waals surface area contributed by atoms with Crippen molar-refractivity contribution in [3.8, 4) is 0 Å². The molecule has 0 N–H and O–H groups in total. The van der Waals surface area contributed by atoms with Crippen LogP contribution in [0.3, 0.4) is 0 Å². The molecule has 0 aliphatic rings. The van der Waals surface area contributed by atoms with Crippen LogP contribution >= 0.6 is 50.5 Å². The molecule has 0 spiro atoms. The summed E-state index contributed by atoms with van der Waals surface area (Å²) >= 11 is 18.0. The van der Waals surface area contributed by atoms with Crippen molar-refractivity contribution in [2.75, 3.05) is 0 Å². The Balaban J connectivity index is 3.93. The Bertz CT molecular complexity index is 197. The van der Waals surface area contributed by atoms with Crippen molar-refractivity contribution in [2.24, 2.45) is 0 Å². The van der Waals surface area contributed by atoms with E-state index < -0.39 is 24.2 Å². The third kappa shape index (κ3) is 13.7. The summed E-state index contributed by atoms with van der Waals surface area (Å²) in [5.41, 5.74) is 0. The quantitative estimate of drug-likeness (QED) is 0.121. The van der Waals surface area contributed by atoms with Crippen LogP contribution in [0.4, 0.5) is 0 Å². The molecular formula is C14H30CdS4. The number of rotatable bonds is 12. The summed E-state index contributed by atoms with van der Waals surface area (Å²) in [6.45, 7) is 4.49. The Morgan fingerprint density at radius 2 is 1.00 bits per heavy atom. The molecule has 0 saturated heterocycles. The molecule has 19 heavy (non-hydrogen) atoms. The third-order valence-electron chi connectivity index (χ3n) is 3.43. The van der Waals surface area contributed by atoms with Gasteiger partial charge in [0.05, 0.1) is 0 Å². The van der Waals surface area contributed by atoms with Gasteiger partial charge in [-0.05, 0) is 0 Å². The number of unbranched alkanes of at least 4 members (excludes halogenated alkanes) is 6. The monoisotopic (exact) mass is 440 g/mol. The number of hydrogen-bond donors (Lipinski definition) is 4. The Morgan fingerprint density at radius 3 is 1.32 bits per heavy atom. The summed E-state index contributed by atoms with van der Waals surface area (Å²) in [6, 6.07) is 0. The zero-order valence-electron chi connectivity index (χ0n) is 12.6. The van der Waals surface area contributed by atoms with Gasteiger partial charge in [-0.1, -0.05) is 0 Å². The van der Waals surface area contributed by atoms with Crippen molar-refractivity contribution in [3.05, 3.63) is 0 Å². The molecule has 112 valence electrons. The van der Waals surface area contributed by atoms with Gasteiger partial charge in [0.15, 0.2) is 0 Å². The van der Waals surface area contributed by atoms with Gasteiger partial charge in [-0.25, -0.2) is 0 Å². The number of thiol groups is 4. The van der Waals surface area contributed by atoms with E-state index in [4.69, 9.17) is 50.5 Å². The Labute approximate surface area is 154 Å². The van der Waals surface area contributed by atoms with E-state index in [1.54, 1.807) is 0 Å². The van der Waals surface area contributed by atoms with E-state index >= 15 is 0 Å². The van der Waals surface area contributed by atoms with E-state index in [1.165, 1.54) is 51.4 Å². The summed E-state index contributed by atoms with van der Waals surface area (Å²) in [4.78, 5) is 0. The maximum absolute atomic E-state index is 4.81. The molecule has 0 bridgehead atoms. The normalized spacial score (nSPS) is 12.5. The fourth-order valence-electron chi connectivity index (χ4n) is 2.30. The minimum absolute atomic E-state index is 0.0241. The average Bonchev–Trinajstić information content (AvgIpc) is 2.29. The van der Waals surface area contributed by atoms with Crippen LogP contribution in [0.25, 0.3) is 0 Å². The topological polar surface area (TPSA) is 0 Å². The van der Waals surface area contributed by atoms with Crippen LogP contribution in [0.5, 0.6) is 0 Å². The SMILES string of the molecule is CCCCCC[C](S)(S)[Cd][C](S)(S)CCCCCC. The van der Waals surface area contributed by atoms with Crippen molar-refractivity contribution < 1.29 is 24.2 Å². The van der Waals surface area contributed by atoms with Gasteiger partial charge < -0.3 is 0 Å². The van der Waals surface area contributed by atoms with Gasteiger partial charge in [0.25, 0.3) is 0 Å². The van der Waals surface area contributed by atoms with Gasteiger partial charge in [-0.2, -0.15) is 0 Å². The third-order valence-corrected chi connectivity index (χ3v) is 13.8. The first kappa shape index (κ1) is 21.3. The Morgan fingerprint density at radius 1 is 0.632 bits per heavy atom. The molecule has 0 aromatic rings. The van der Waals surface area contributed by atoms with Crippen molar-refractivity contribution in [3.63, 3.8) is 0 Å². The summed E-state index contributed by atoms with van der Waals surface area (Å²) in [5.74, 6) is 0. The molecule has 0 aromatic heterocycles. The summed E-state index contributed by atoms with van der Waals surface area (Å²) in [6.07, 6.45) is 12.6. The maximum atomic E-state index is 4.81. The van der Waals surface area contributed by atoms with Crippen molar-refractivity contribution in [1.82, 2.24) is 0 Å². The fourth-order valence-corrected chi connectivity index (χ4v) is 18.5. The van der Waals surface area contributed by atoms with Crippen LogP contribution < -0.4 is 0 Å². The van der Waals surface area contributed by atoms with E-state index in [-0.39, 0.29) is 3.28 Å². The molecule has 0 heterocycles. The summed E-state index contributed by atoms with van der Waals surface area (Å²) in [7, 11) is 0. The molecule has 0 fully saturated rings. The summed E-state index contributed by atoms with van der Waals surface area (Å²) in [5, 5.41) is 0. The minimum atomic E-state index is -1.26. The predicted octanol–water partition coefficient (Wildman–Crippen LogP) is 6.04. The second-order valence-corrected chi connectivity index (χ2v) is 24.6. The Hall–Kier alpha value is 2.32. The molecule has 0 aliphatic heterocycles. The van der Waals surface area contributed by atoms with Crippen LogP contribution in [0.1, 0.15) is 78.1 Å². The van der Waals surface area contributed by atoms with E-state index in [0.29, 0.717) is 0 Å². The first-order valence-electron chi connectivity index (χ1n) is 7.72. The van der Waals surface area contributed by atoms with E-state index in [9.17, 15) is 0 Å². The van der Waals surface area contributed by atoms with Gasteiger partial charge in [-0.15, -0.1) is 0 Å². The molecule has 0 amide bonds. The van der Waals surface area contributed by atoms with Gasteiger partial charge in [0.2, 0.25) is 0 Å². The molecule has 0 nitrogen and oxygen atoms in total. The van der Waals surface area contributed by atoms with E-state index in [0.717, 1.165) is 12.8 Å². The first-order chi connectivity index (χ1) is 8.83. The molecule has 0 aliphatic carbocycles. The van der Waals surface area contributed by atoms with Gasteiger partial charge in [0.1, 0.15) is 0 Å². The van der Waals surface area contributed by atoms with Crippen LogP contribution in [0.2, 0.25) is 0 Å². The van der Waals surface area contributed by atoms with Crippen LogP contribution in [-0.4, -0.2) is 3.28 Å². The predicted molar refractivity (Wildman–Crippen MR) is 98.9 cm³/mol. The molecule has 0 unspecified atom stereocenters. The van der Waals surface area contributed by atoms with Crippen LogP contribution in [0, 0.1) is 0 Å². The second-order valence-electron chi connectivity index (χ2n) is 5.76. The Kier molecular flexibility index (Phi) is 13.3. The molecule has 0 aromatic carbocycles. The van der Waals surface area contributed by atoms with Crippen molar-refractivity contribution >= 4 is 50.5 Å². The molecular weight excluding hydrogens is 409 g/mol. The van der Waals surface area contributed by atoms with Crippen molar-refractivity contribution in [1.29, 1.82) is 0 Å². The van der Waals surface area contributed by atoms with Crippen LogP contribution in [0.15, 0.2) is 0 Å². The van der Waals surface area contributed by atoms with Gasteiger partial charge >= 0.3 is 156 Å². The zero-order chi connectivity index (χ0) is 14.8. The summed E-state index contributed by atoms with van der Waals surface area (Å²) < 4.78 is -0.0483. The van der Waals surface area contributed by atoms with Gasteiger partial charge in [0, 0.05) is 0 Å². The molecule has 0 saturated carbocycles. The van der Waals surface area contributed by atoms with Gasteiger partial charge in [-0.3, -0.25) is 0 Å². The molecule has 5 heteroatoms. The van der Waals surface area contributed by atoms with Crippen LogP contribution in [-0.2, 0) is 24.2 Å². The molecule has 0 radical (unpaired) electrons.